The van der Waals surface area contributed by atoms with Crippen molar-refractivity contribution >= 4 is 11.8 Å². The second kappa shape index (κ2) is 7.85. The molecule has 0 spiro atoms. The highest BCUT2D eigenvalue weighted by atomic mass is 16.2. The minimum absolute atomic E-state index is 0.0605. The number of amides is 2. The maximum Gasteiger partial charge on any atom is 0.242 e. The normalized spacial score (nSPS) is 31.4. The molecule has 11 nitrogen and oxygen atoms in total. The van der Waals surface area contributed by atoms with Crippen LogP contribution in [0.5, 0.6) is 0 Å². The van der Waals surface area contributed by atoms with E-state index in [1.165, 1.54) is 0 Å². The Morgan fingerprint density at radius 2 is 2.09 bits per heavy atom. The number of nitrogens with zero attached hydrogens (tertiary/aromatic N) is 7. The van der Waals surface area contributed by atoms with E-state index in [1.807, 2.05) is 36.1 Å². The number of carbonyl (C=O) groups excluding carboxylic acids is 2. The zero-order chi connectivity index (χ0) is 23.6. The lowest BCUT2D eigenvalue weighted by Crippen LogP contribution is -2.57. The van der Waals surface area contributed by atoms with Crippen LogP contribution in [0.25, 0.3) is 11.4 Å². The Morgan fingerprint density at radius 3 is 2.76 bits per heavy atom. The molecule has 7 atom stereocenters. The second-order valence-corrected chi connectivity index (χ2v) is 9.95. The Morgan fingerprint density at radius 1 is 1.29 bits per heavy atom. The largest absolute Gasteiger partial charge is 0.330 e. The summed E-state index contributed by atoms with van der Waals surface area (Å²) < 4.78 is 0. The summed E-state index contributed by atoms with van der Waals surface area (Å²) in [6.07, 6.45) is 2.49. The number of nitrogens with two attached hydrogens (primary N) is 1. The summed E-state index contributed by atoms with van der Waals surface area (Å²) >= 11 is 0. The van der Waals surface area contributed by atoms with Crippen molar-refractivity contribution in [3.8, 4) is 17.5 Å². The van der Waals surface area contributed by atoms with Crippen LogP contribution in [0.3, 0.4) is 0 Å². The van der Waals surface area contributed by atoms with Crippen LogP contribution in [-0.4, -0.2) is 90.4 Å². The van der Waals surface area contributed by atoms with Crippen molar-refractivity contribution in [1.82, 2.24) is 35.3 Å². The average molecular weight is 462 g/mol. The van der Waals surface area contributed by atoms with Crippen molar-refractivity contribution in [3.63, 3.8) is 0 Å². The number of aromatic nitrogens is 4. The summed E-state index contributed by atoms with van der Waals surface area (Å²) in [5.74, 6) is 0.996. The van der Waals surface area contributed by atoms with E-state index < -0.39 is 6.04 Å². The van der Waals surface area contributed by atoms with Gasteiger partial charge in [-0.05, 0) is 48.1 Å². The first-order valence-electron chi connectivity index (χ1n) is 11.8. The van der Waals surface area contributed by atoms with Crippen LogP contribution in [0.4, 0.5) is 0 Å². The highest BCUT2D eigenvalue weighted by Crippen LogP contribution is 2.48. The monoisotopic (exact) mass is 461 g/mol. The Bertz CT molecular complexity index is 1140. The molecule has 2 bridgehead atoms. The van der Waals surface area contributed by atoms with E-state index in [4.69, 9.17) is 5.73 Å². The fourth-order valence-electron chi connectivity index (χ4n) is 6.17. The molecule has 1 aromatic heterocycles. The van der Waals surface area contributed by atoms with Crippen LogP contribution >= 0.6 is 0 Å². The third-order valence-corrected chi connectivity index (χ3v) is 8.00. The molecule has 4 aliphatic rings. The molecule has 2 aromatic rings. The third-order valence-electron chi connectivity index (χ3n) is 8.00. The van der Waals surface area contributed by atoms with Gasteiger partial charge in [-0.25, -0.2) is 5.10 Å². The SMILES string of the molecule is C[C@@H](c1ccc(-c2nnn[nH]2)cc1)N1C(=O)[C@@H]2C[C@H]1CN2CC(N)C(=O)N1C(C#N)C[C@@H]2C[C@@H]21. The van der Waals surface area contributed by atoms with Crippen LogP contribution in [0.2, 0.25) is 0 Å². The molecule has 4 heterocycles. The topological polar surface area (TPSA) is 148 Å². The van der Waals surface area contributed by atoms with E-state index in [2.05, 4.69) is 31.6 Å². The van der Waals surface area contributed by atoms with Gasteiger partial charge in [0.2, 0.25) is 11.8 Å². The zero-order valence-electron chi connectivity index (χ0n) is 18.9. The molecule has 2 amide bonds. The molecule has 4 fully saturated rings. The predicted octanol–water partition coefficient (Wildman–Crippen LogP) is 0.0531. The summed E-state index contributed by atoms with van der Waals surface area (Å²) in [6, 6.07) is 9.04. The van der Waals surface area contributed by atoms with Gasteiger partial charge in [0.15, 0.2) is 5.82 Å². The number of likely N-dealkylation sites (tertiary alicyclic amines) is 3. The van der Waals surface area contributed by atoms with Gasteiger partial charge in [-0.15, -0.1) is 5.10 Å². The van der Waals surface area contributed by atoms with Gasteiger partial charge in [0, 0.05) is 30.7 Å². The molecule has 3 aliphatic heterocycles. The molecule has 3 saturated heterocycles. The van der Waals surface area contributed by atoms with E-state index >= 15 is 0 Å². The van der Waals surface area contributed by atoms with E-state index in [0.717, 1.165) is 30.4 Å². The van der Waals surface area contributed by atoms with Crippen LogP contribution in [-0.2, 0) is 9.59 Å². The number of piperazine rings is 1. The number of benzene rings is 1. The molecule has 2 unspecified atom stereocenters. The van der Waals surface area contributed by atoms with E-state index in [1.54, 1.807) is 4.90 Å². The number of nitrogens with one attached hydrogen (secondary N) is 1. The summed E-state index contributed by atoms with van der Waals surface area (Å²) in [6.45, 7) is 3.10. The lowest BCUT2D eigenvalue weighted by molar-refractivity contribution is -0.141. The van der Waals surface area contributed by atoms with Crippen molar-refractivity contribution in [2.75, 3.05) is 13.1 Å². The van der Waals surface area contributed by atoms with Crippen LogP contribution in [0.15, 0.2) is 24.3 Å². The molecule has 0 radical (unpaired) electrons. The van der Waals surface area contributed by atoms with Gasteiger partial charge in [0.25, 0.3) is 0 Å². The summed E-state index contributed by atoms with van der Waals surface area (Å²) in [5.41, 5.74) is 8.24. The molecule has 1 saturated carbocycles. The summed E-state index contributed by atoms with van der Waals surface area (Å²) in [5, 5.41) is 23.3. The third kappa shape index (κ3) is 3.28. The molecule has 1 aromatic carbocycles. The molecule has 1 aliphatic carbocycles. The second-order valence-electron chi connectivity index (χ2n) is 9.95. The number of hydrogen-bond acceptors (Lipinski definition) is 8. The van der Waals surface area contributed by atoms with Gasteiger partial charge in [-0.2, -0.15) is 5.26 Å². The van der Waals surface area contributed by atoms with Crippen molar-refractivity contribution in [3.05, 3.63) is 29.8 Å². The molecule has 176 valence electrons. The first kappa shape index (κ1) is 21.2. The van der Waals surface area contributed by atoms with Crippen LogP contribution < -0.4 is 5.73 Å². The summed E-state index contributed by atoms with van der Waals surface area (Å²) in [7, 11) is 0. The highest BCUT2D eigenvalue weighted by molar-refractivity contribution is 5.87. The first-order chi connectivity index (χ1) is 16.5. The highest BCUT2D eigenvalue weighted by Gasteiger charge is 2.56. The van der Waals surface area contributed by atoms with Crippen molar-refractivity contribution in [1.29, 1.82) is 5.26 Å². The number of H-pyrrole nitrogens is 1. The Labute approximate surface area is 196 Å². The molecule has 3 N–H and O–H groups in total. The fourth-order valence-corrected chi connectivity index (χ4v) is 6.17. The Balaban J connectivity index is 1.10. The summed E-state index contributed by atoms with van der Waals surface area (Å²) in [4.78, 5) is 32.0. The number of tetrazole rings is 1. The number of aromatic amines is 1. The number of fused-ring (bicyclic) bond motifs is 3. The minimum atomic E-state index is -0.716. The van der Waals surface area contributed by atoms with Crippen molar-refractivity contribution in [2.24, 2.45) is 11.7 Å². The smallest absolute Gasteiger partial charge is 0.242 e. The van der Waals surface area contributed by atoms with Crippen LogP contribution in [0.1, 0.15) is 37.8 Å². The van der Waals surface area contributed by atoms with Gasteiger partial charge in [0.1, 0.15) is 6.04 Å². The lowest BCUT2D eigenvalue weighted by atomic mass is 10.0. The number of hydrogen-bond donors (Lipinski definition) is 2. The van der Waals surface area contributed by atoms with Gasteiger partial charge >= 0.3 is 0 Å². The molecule has 6 rings (SSSR count). The van der Waals surface area contributed by atoms with Gasteiger partial charge in [-0.1, -0.05) is 24.3 Å². The number of carbonyl (C=O) groups is 2. The van der Waals surface area contributed by atoms with E-state index in [-0.39, 0.29) is 42.0 Å². The van der Waals surface area contributed by atoms with Crippen molar-refractivity contribution < 1.29 is 9.59 Å². The van der Waals surface area contributed by atoms with E-state index in [9.17, 15) is 14.9 Å². The average Bonchev–Trinajstić information content (AvgIpc) is 3.28. The van der Waals surface area contributed by atoms with E-state index in [0.29, 0.717) is 24.8 Å². The minimum Gasteiger partial charge on any atom is -0.330 e. The number of nitriles is 1. The number of rotatable bonds is 6. The van der Waals surface area contributed by atoms with Crippen LogP contribution in [0, 0.1) is 17.2 Å². The lowest BCUT2D eigenvalue weighted by Gasteiger charge is -2.38. The fraction of sp³-hybridized carbons (Fsp3) is 0.565. The molecule has 34 heavy (non-hydrogen) atoms. The predicted molar refractivity (Wildman–Crippen MR) is 119 cm³/mol. The standard InChI is InChI=1S/C23H27N9O2/c1-12(13-2-4-14(5-3-13)21-26-28-29-27-21)31-17-8-20(23(31)34)30(10-17)11-18(25)22(33)32-16(9-24)6-15-7-19(15)32/h2-5,12,15-20H,6-8,10-11,25H2,1H3,(H,26,27,28,29)/t12-,15+,16?,17-,18?,19-,20-/m0/s1. The number of piperidine rings is 1. The van der Waals surface area contributed by atoms with Crippen molar-refractivity contribution in [2.45, 2.75) is 62.4 Å². The maximum absolute atomic E-state index is 13.3. The first-order valence-corrected chi connectivity index (χ1v) is 11.8. The molecule has 11 heteroatoms. The molecular formula is C23H27N9O2. The zero-order valence-corrected chi connectivity index (χ0v) is 18.9. The Kier molecular flexibility index (Phi) is 4.89. The molecular weight excluding hydrogens is 434 g/mol. The quantitative estimate of drug-likeness (QED) is 0.613. The Hall–Kier alpha value is -3.36. The van der Waals surface area contributed by atoms with Gasteiger partial charge in [-0.3, -0.25) is 14.5 Å². The van der Waals surface area contributed by atoms with Gasteiger partial charge < -0.3 is 15.5 Å². The van der Waals surface area contributed by atoms with Gasteiger partial charge in [0.05, 0.1) is 24.2 Å². The maximum atomic E-state index is 13.3.